The molecule has 3 rings (SSSR count). The van der Waals surface area contributed by atoms with Crippen LogP contribution in [0.5, 0.6) is 0 Å². The van der Waals surface area contributed by atoms with Crippen molar-refractivity contribution in [1.29, 1.82) is 0 Å². The highest BCUT2D eigenvalue weighted by Gasteiger charge is 2.21. The molecule has 1 N–H and O–H groups in total. The summed E-state index contributed by atoms with van der Waals surface area (Å²) in [5.74, 6) is 0.764. The van der Waals surface area contributed by atoms with E-state index in [2.05, 4.69) is 14.8 Å². The van der Waals surface area contributed by atoms with E-state index in [9.17, 15) is 9.50 Å². The summed E-state index contributed by atoms with van der Waals surface area (Å²) in [6.07, 6.45) is 3.13. The minimum Gasteiger partial charge on any atom is -0.387 e. The smallest absolute Gasteiger partial charge is 0.123 e. The third kappa shape index (κ3) is 4.16. The molecule has 0 aliphatic carbocycles. The molecule has 0 bridgehead atoms. The summed E-state index contributed by atoms with van der Waals surface area (Å²) in [4.78, 5) is 8.95. The summed E-state index contributed by atoms with van der Waals surface area (Å²) in [6, 6.07) is 6.21. The van der Waals surface area contributed by atoms with Crippen molar-refractivity contribution in [3.05, 3.63) is 53.9 Å². The van der Waals surface area contributed by atoms with Crippen LogP contribution in [0.1, 0.15) is 17.5 Å². The fraction of sp³-hybridized carbons (Fsp3) is 0.471. The zero-order chi connectivity index (χ0) is 16.2. The van der Waals surface area contributed by atoms with Crippen LogP contribution in [-0.4, -0.2) is 57.2 Å². The van der Waals surface area contributed by atoms with Crippen molar-refractivity contribution in [1.82, 2.24) is 19.4 Å². The highest BCUT2D eigenvalue weighted by Crippen LogP contribution is 2.16. The first-order valence-corrected chi connectivity index (χ1v) is 7.96. The van der Waals surface area contributed by atoms with Gasteiger partial charge in [-0.3, -0.25) is 9.80 Å². The van der Waals surface area contributed by atoms with E-state index in [1.54, 1.807) is 12.1 Å². The maximum atomic E-state index is 13.2. The number of aliphatic hydroxyl groups excluding tert-OH is 1. The Morgan fingerprint density at radius 2 is 1.96 bits per heavy atom. The van der Waals surface area contributed by atoms with Crippen molar-refractivity contribution in [3.8, 4) is 0 Å². The molecule has 6 heteroatoms. The average molecular weight is 318 g/mol. The van der Waals surface area contributed by atoms with Crippen LogP contribution < -0.4 is 0 Å². The largest absolute Gasteiger partial charge is 0.387 e. The van der Waals surface area contributed by atoms with Crippen molar-refractivity contribution >= 4 is 0 Å². The highest BCUT2D eigenvalue weighted by atomic mass is 19.1. The maximum Gasteiger partial charge on any atom is 0.123 e. The van der Waals surface area contributed by atoms with Crippen molar-refractivity contribution < 1.29 is 9.50 Å². The van der Waals surface area contributed by atoms with Gasteiger partial charge in [0.2, 0.25) is 0 Å². The van der Waals surface area contributed by atoms with Crippen LogP contribution in [0.15, 0.2) is 36.7 Å². The number of aryl methyl sites for hydroxylation is 1. The molecule has 1 aromatic carbocycles. The molecule has 0 spiro atoms. The molecule has 5 nitrogen and oxygen atoms in total. The van der Waals surface area contributed by atoms with E-state index in [1.807, 2.05) is 24.0 Å². The number of aromatic nitrogens is 2. The van der Waals surface area contributed by atoms with Gasteiger partial charge in [0.05, 0.1) is 12.6 Å². The Balaban J connectivity index is 1.48. The lowest BCUT2D eigenvalue weighted by Crippen LogP contribution is -2.47. The van der Waals surface area contributed by atoms with Gasteiger partial charge in [0, 0.05) is 52.2 Å². The third-order valence-electron chi connectivity index (χ3n) is 4.42. The summed E-state index contributed by atoms with van der Waals surface area (Å²) in [5, 5.41) is 10.3. The Labute approximate surface area is 136 Å². The van der Waals surface area contributed by atoms with Gasteiger partial charge in [-0.05, 0) is 17.7 Å². The molecule has 124 valence electrons. The quantitative estimate of drug-likeness (QED) is 0.905. The van der Waals surface area contributed by atoms with Crippen LogP contribution in [-0.2, 0) is 13.6 Å². The van der Waals surface area contributed by atoms with Gasteiger partial charge < -0.3 is 9.67 Å². The second-order valence-corrected chi connectivity index (χ2v) is 6.10. The summed E-state index contributed by atoms with van der Waals surface area (Å²) in [6.45, 7) is 5.09. The predicted molar refractivity (Wildman–Crippen MR) is 86.3 cm³/mol. The summed E-state index contributed by atoms with van der Waals surface area (Å²) in [5.41, 5.74) is 0.639. The number of hydrogen-bond donors (Lipinski definition) is 1. The molecule has 2 aromatic rings. The van der Waals surface area contributed by atoms with Gasteiger partial charge in [0.15, 0.2) is 0 Å². The number of benzene rings is 1. The number of nitrogens with zero attached hydrogens (tertiary/aromatic N) is 4. The van der Waals surface area contributed by atoms with Gasteiger partial charge in [-0.25, -0.2) is 9.37 Å². The molecule has 1 atom stereocenters. The number of halogens is 1. The van der Waals surface area contributed by atoms with E-state index in [1.165, 1.54) is 12.1 Å². The van der Waals surface area contributed by atoms with Crippen LogP contribution in [0.2, 0.25) is 0 Å². The Hall–Kier alpha value is -1.76. The van der Waals surface area contributed by atoms with E-state index in [0.29, 0.717) is 12.1 Å². The number of imidazole rings is 1. The van der Waals surface area contributed by atoms with E-state index >= 15 is 0 Å². The molecule has 0 radical (unpaired) electrons. The molecular weight excluding hydrogens is 295 g/mol. The van der Waals surface area contributed by atoms with Crippen LogP contribution in [0.25, 0.3) is 0 Å². The first-order chi connectivity index (χ1) is 11.1. The lowest BCUT2D eigenvalue weighted by atomic mass is 10.1. The minimum absolute atomic E-state index is 0.304. The van der Waals surface area contributed by atoms with Crippen LogP contribution in [0.3, 0.4) is 0 Å². The second-order valence-electron chi connectivity index (χ2n) is 6.10. The van der Waals surface area contributed by atoms with Gasteiger partial charge in [-0.2, -0.15) is 0 Å². The summed E-state index contributed by atoms with van der Waals surface area (Å²) < 4.78 is 15.3. The molecule has 1 aliphatic heterocycles. The average Bonchev–Trinajstić information content (AvgIpc) is 2.94. The molecule has 2 heterocycles. The molecule has 23 heavy (non-hydrogen) atoms. The first-order valence-electron chi connectivity index (χ1n) is 7.96. The molecule has 1 fully saturated rings. The monoisotopic (exact) mass is 318 g/mol. The fourth-order valence-electron chi connectivity index (χ4n) is 2.94. The SMILES string of the molecule is Cn1ccnc1CN1CCN(C[C@@H](O)c2cccc(F)c2)CC1. The lowest BCUT2D eigenvalue weighted by molar-refractivity contribution is 0.0688. The van der Waals surface area contributed by atoms with Crippen LogP contribution in [0.4, 0.5) is 4.39 Å². The first kappa shape index (κ1) is 16.1. The van der Waals surface area contributed by atoms with E-state index in [0.717, 1.165) is 38.5 Å². The molecule has 0 unspecified atom stereocenters. The summed E-state index contributed by atoms with van der Waals surface area (Å²) in [7, 11) is 2.01. The molecular formula is C17H23FN4O. The molecule has 1 aromatic heterocycles. The van der Waals surface area contributed by atoms with Gasteiger partial charge >= 0.3 is 0 Å². The topological polar surface area (TPSA) is 44.5 Å². The van der Waals surface area contributed by atoms with Gasteiger partial charge in [-0.1, -0.05) is 12.1 Å². The summed E-state index contributed by atoms with van der Waals surface area (Å²) >= 11 is 0. The number of β-amino-alcohol motifs (C(OH)–C–C–N with tert-alkyl or cyclic N) is 1. The van der Waals surface area contributed by atoms with Crippen LogP contribution in [0, 0.1) is 5.82 Å². The van der Waals surface area contributed by atoms with Crippen molar-refractivity contribution in [2.45, 2.75) is 12.6 Å². The van der Waals surface area contributed by atoms with Crippen molar-refractivity contribution in [3.63, 3.8) is 0 Å². The van der Waals surface area contributed by atoms with Crippen molar-refractivity contribution in [2.24, 2.45) is 7.05 Å². The van der Waals surface area contributed by atoms with Crippen molar-refractivity contribution in [2.75, 3.05) is 32.7 Å². The normalized spacial score (nSPS) is 18.2. The molecule has 1 aliphatic rings. The number of rotatable bonds is 5. The lowest BCUT2D eigenvalue weighted by Gasteiger charge is -2.35. The fourth-order valence-corrected chi connectivity index (χ4v) is 2.94. The highest BCUT2D eigenvalue weighted by molar-refractivity contribution is 5.19. The van der Waals surface area contributed by atoms with E-state index < -0.39 is 6.10 Å². The second kappa shape index (κ2) is 7.21. The van der Waals surface area contributed by atoms with Crippen LogP contribution >= 0.6 is 0 Å². The number of aliphatic hydroxyl groups is 1. The predicted octanol–water partition coefficient (Wildman–Crippen LogP) is 1.41. The molecule has 0 saturated carbocycles. The Morgan fingerprint density at radius 3 is 2.61 bits per heavy atom. The standard InChI is InChI=1S/C17H23FN4O/c1-20-6-5-19-17(20)13-22-9-7-21(8-10-22)12-16(23)14-3-2-4-15(18)11-14/h2-6,11,16,23H,7-10,12-13H2,1H3/t16-/m1/s1. The number of hydrogen-bond acceptors (Lipinski definition) is 4. The Bertz CT molecular complexity index is 637. The minimum atomic E-state index is -0.646. The van der Waals surface area contributed by atoms with Gasteiger partial charge in [0.25, 0.3) is 0 Å². The van der Waals surface area contributed by atoms with Gasteiger partial charge in [0.1, 0.15) is 11.6 Å². The Morgan fingerprint density at radius 1 is 1.22 bits per heavy atom. The molecule has 1 saturated heterocycles. The zero-order valence-corrected chi connectivity index (χ0v) is 13.4. The third-order valence-corrected chi connectivity index (χ3v) is 4.42. The number of piperazine rings is 1. The molecule has 0 amide bonds. The van der Waals surface area contributed by atoms with Gasteiger partial charge in [-0.15, -0.1) is 0 Å². The zero-order valence-electron chi connectivity index (χ0n) is 13.4. The Kier molecular flexibility index (Phi) is 5.05. The van der Waals surface area contributed by atoms with E-state index in [4.69, 9.17) is 0 Å². The maximum absolute atomic E-state index is 13.2. The van der Waals surface area contributed by atoms with E-state index in [-0.39, 0.29) is 5.82 Å².